The third kappa shape index (κ3) is 5.19. The Morgan fingerprint density at radius 1 is 1.20 bits per heavy atom. The molecule has 1 N–H and O–H groups in total. The highest BCUT2D eigenvalue weighted by atomic mass is 32.2. The van der Waals surface area contributed by atoms with Crippen LogP contribution in [-0.2, 0) is 14.8 Å². The number of nitrogens with one attached hydrogen (secondary N) is 1. The van der Waals surface area contributed by atoms with Crippen LogP contribution in [0.25, 0.3) is 0 Å². The Kier molecular flexibility index (Phi) is 7.61. The molecule has 2 aromatic carbocycles. The number of esters is 1. The van der Waals surface area contributed by atoms with Crippen LogP contribution in [0, 0.1) is 10.1 Å². The molecule has 0 saturated carbocycles. The first-order valence-electron chi connectivity index (χ1n) is 9.00. The van der Waals surface area contributed by atoms with Gasteiger partial charge in [0.2, 0.25) is 10.0 Å². The normalized spacial score (nSPS) is 11.6. The number of ether oxygens (including phenoxy) is 1. The summed E-state index contributed by atoms with van der Waals surface area (Å²) in [7, 11) is -2.67. The van der Waals surface area contributed by atoms with E-state index in [-0.39, 0.29) is 29.4 Å². The van der Waals surface area contributed by atoms with Crippen LogP contribution in [-0.4, -0.2) is 50.0 Å². The van der Waals surface area contributed by atoms with Gasteiger partial charge in [-0.05, 0) is 23.8 Å². The SMILES string of the molecule is CCN(CC)S(=O)(=O)c1cc([N+](=O)[O-])ccc1NN=Cc1ccc(C(=O)OC)cc1. The topological polar surface area (TPSA) is 131 Å². The molecular weight excluding hydrogens is 412 g/mol. The predicted octanol–water partition coefficient (Wildman–Crippen LogP) is 2.86. The van der Waals surface area contributed by atoms with Gasteiger partial charge in [-0.2, -0.15) is 9.41 Å². The van der Waals surface area contributed by atoms with Crippen molar-refractivity contribution in [2.75, 3.05) is 25.6 Å². The monoisotopic (exact) mass is 434 g/mol. The molecule has 0 aliphatic carbocycles. The van der Waals surface area contributed by atoms with E-state index >= 15 is 0 Å². The summed E-state index contributed by atoms with van der Waals surface area (Å²) in [6, 6.07) is 9.92. The zero-order valence-electron chi connectivity index (χ0n) is 16.7. The molecule has 30 heavy (non-hydrogen) atoms. The number of hydrazone groups is 1. The Bertz CT molecular complexity index is 1050. The second-order valence-corrected chi connectivity index (χ2v) is 7.92. The summed E-state index contributed by atoms with van der Waals surface area (Å²) in [5, 5.41) is 15.1. The Morgan fingerprint density at radius 3 is 2.37 bits per heavy atom. The van der Waals surface area contributed by atoms with E-state index in [1.165, 1.54) is 29.8 Å². The minimum atomic E-state index is -3.96. The van der Waals surface area contributed by atoms with Gasteiger partial charge in [-0.25, -0.2) is 13.2 Å². The summed E-state index contributed by atoms with van der Waals surface area (Å²) in [4.78, 5) is 21.7. The summed E-state index contributed by atoms with van der Waals surface area (Å²) >= 11 is 0. The highest BCUT2D eigenvalue weighted by Crippen LogP contribution is 2.29. The Labute approximate surface area is 174 Å². The van der Waals surface area contributed by atoms with Gasteiger partial charge in [0.25, 0.3) is 5.69 Å². The van der Waals surface area contributed by atoms with Crippen LogP contribution in [0.15, 0.2) is 52.5 Å². The summed E-state index contributed by atoms with van der Waals surface area (Å²) in [6.45, 7) is 3.80. The van der Waals surface area contributed by atoms with Crippen molar-refractivity contribution in [2.24, 2.45) is 5.10 Å². The minimum Gasteiger partial charge on any atom is -0.465 e. The summed E-state index contributed by atoms with van der Waals surface area (Å²) in [5.41, 5.74) is 3.43. The fraction of sp³-hybridized carbons (Fsp3) is 0.263. The molecule has 0 amide bonds. The maximum absolute atomic E-state index is 12.9. The van der Waals surface area contributed by atoms with E-state index in [9.17, 15) is 23.3 Å². The standard InChI is InChI=1S/C19H22N4O6S/c1-4-22(5-2)30(27,28)18-12-16(23(25)26)10-11-17(18)21-20-13-14-6-8-15(9-7-14)19(24)29-3/h6-13,21H,4-5H2,1-3H3. The lowest BCUT2D eigenvalue weighted by Crippen LogP contribution is -2.31. The first kappa shape index (κ1) is 23.0. The lowest BCUT2D eigenvalue weighted by atomic mass is 10.1. The van der Waals surface area contributed by atoms with Gasteiger partial charge in [0.15, 0.2) is 0 Å². The van der Waals surface area contributed by atoms with Gasteiger partial charge in [-0.15, -0.1) is 0 Å². The first-order valence-corrected chi connectivity index (χ1v) is 10.4. The Morgan fingerprint density at radius 2 is 1.83 bits per heavy atom. The summed E-state index contributed by atoms with van der Waals surface area (Å²) < 4.78 is 31.7. The molecule has 2 rings (SSSR count). The van der Waals surface area contributed by atoms with Gasteiger partial charge >= 0.3 is 5.97 Å². The number of hydrogen-bond acceptors (Lipinski definition) is 8. The number of anilines is 1. The van der Waals surface area contributed by atoms with Crippen LogP contribution >= 0.6 is 0 Å². The van der Waals surface area contributed by atoms with Gasteiger partial charge in [0.1, 0.15) is 4.90 Å². The molecule has 0 spiro atoms. The number of methoxy groups -OCH3 is 1. The fourth-order valence-electron chi connectivity index (χ4n) is 2.63. The summed E-state index contributed by atoms with van der Waals surface area (Å²) in [6.07, 6.45) is 1.43. The van der Waals surface area contributed by atoms with Crippen molar-refractivity contribution >= 4 is 33.6 Å². The lowest BCUT2D eigenvalue weighted by molar-refractivity contribution is -0.385. The van der Waals surface area contributed by atoms with Crippen molar-refractivity contribution in [2.45, 2.75) is 18.7 Å². The third-order valence-electron chi connectivity index (χ3n) is 4.23. The molecular formula is C19H22N4O6S. The molecule has 160 valence electrons. The van der Waals surface area contributed by atoms with Crippen molar-refractivity contribution < 1.29 is 22.9 Å². The quantitative estimate of drug-likeness (QED) is 0.278. The van der Waals surface area contributed by atoms with Gasteiger partial charge in [0.05, 0.1) is 29.5 Å². The van der Waals surface area contributed by atoms with Crippen LogP contribution in [0.1, 0.15) is 29.8 Å². The molecule has 0 radical (unpaired) electrons. The number of non-ortho nitro benzene ring substituents is 1. The number of nitrogens with zero attached hydrogens (tertiary/aromatic N) is 3. The summed E-state index contributed by atoms with van der Waals surface area (Å²) in [5.74, 6) is -0.464. The van der Waals surface area contributed by atoms with Crippen LogP contribution in [0.2, 0.25) is 0 Å². The van der Waals surface area contributed by atoms with Crippen molar-refractivity contribution in [1.29, 1.82) is 0 Å². The molecule has 0 aliphatic heterocycles. The van der Waals surface area contributed by atoms with Gasteiger partial charge < -0.3 is 4.74 Å². The molecule has 0 saturated heterocycles. The van der Waals surface area contributed by atoms with Gasteiger partial charge in [-0.1, -0.05) is 26.0 Å². The number of hydrogen-bond donors (Lipinski definition) is 1. The molecule has 0 unspecified atom stereocenters. The van der Waals surface area contributed by atoms with E-state index in [0.717, 1.165) is 6.07 Å². The molecule has 0 heterocycles. The molecule has 10 nitrogen and oxygen atoms in total. The largest absolute Gasteiger partial charge is 0.465 e. The van der Waals surface area contributed by atoms with Crippen LogP contribution in [0.3, 0.4) is 0 Å². The van der Waals surface area contributed by atoms with E-state index < -0.39 is 20.9 Å². The Hall–Kier alpha value is -3.31. The second kappa shape index (κ2) is 9.94. The highest BCUT2D eigenvalue weighted by molar-refractivity contribution is 7.89. The number of carbonyl (C=O) groups is 1. The molecule has 0 bridgehead atoms. The van der Waals surface area contributed by atoms with Crippen LogP contribution in [0.5, 0.6) is 0 Å². The molecule has 11 heteroatoms. The molecule has 0 fully saturated rings. The predicted molar refractivity (Wildman–Crippen MR) is 112 cm³/mol. The average Bonchev–Trinajstić information content (AvgIpc) is 2.74. The van der Waals surface area contributed by atoms with Crippen molar-refractivity contribution in [3.05, 3.63) is 63.7 Å². The fourth-order valence-corrected chi connectivity index (χ4v) is 4.25. The molecule has 0 aliphatic rings. The zero-order chi connectivity index (χ0) is 22.3. The third-order valence-corrected chi connectivity index (χ3v) is 6.32. The number of sulfonamides is 1. The average molecular weight is 434 g/mol. The van der Waals surface area contributed by atoms with Gasteiger partial charge in [-0.3, -0.25) is 15.5 Å². The smallest absolute Gasteiger partial charge is 0.337 e. The van der Waals surface area contributed by atoms with E-state index in [0.29, 0.717) is 11.1 Å². The lowest BCUT2D eigenvalue weighted by Gasteiger charge is -2.20. The number of nitro benzene ring substituents is 1. The molecule has 2 aromatic rings. The van der Waals surface area contributed by atoms with Crippen molar-refractivity contribution in [3.8, 4) is 0 Å². The molecule has 0 aromatic heterocycles. The maximum atomic E-state index is 12.9. The van der Waals surface area contributed by atoms with Crippen LogP contribution < -0.4 is 5.43 Å². The number of benzene rings is 2. The Balaban J connectivity index is 2.34. The van der Waals surface area contributed by atoms with Crippen LogP contribution in [0.4, 0.5) is 11.4 Å². The number of rotatable bonds is 9. The van der Waals surface area contributed by atoms with E-state index in [1.54, 1.807) is 38.1 Å². The number of nitro groups is 1. The second-order valence-electron chi connectivity index (χ2n) is 6.01. The van der Waals surface area contributed by atoms with Crippen molar-refractivity contribution in [1.82, 2.24) is 4.31 Å². The van der Waals surface area contributed by atoms with E-state index in [4.69, 9.17) is 0 Å². The van der Waals surface area contributed by atoms with E-state index in [2.05, 4.69) is 15.3 Å². The zero-order valence-corrected chi connectivity index (χ0v) is 17.5. The highest BCUT2D eigenvalue weighted by Gasteiger charge is 2.27. The number of carbonyl (C=O) groups excluding carboxylic acids is 1. The maximum Gasteiger partial charge on any atom is 0.337 e. The first-order chi connectivity index (χ1) is 14.2. The van der Waals surface area contributed by atoms with Gasteiger partial charge in [0, 0.05) is 25.2 Å². The molecule has 0 atom stereocenters. The van der Waals surface area contributed by atoms with Crippen molar-refractivity contribution in [3.63, 3.8) is 0 Å². The minimum absolute atomic E-state index is 0.106. The van der Waals surface area contributed by atoms with E-state index in [1.807, 2.05) is 0 Å².